The fourth-order valence-electron chi connectivity index (χ4n) is 9.69. The average molecular weight is 725 g/mol. The first kappa shape index (κ1) is 38.1. The van der Waals surface area contributed by atoms with Gasteiger partial charge in [-0.05, 0) is 79.6 Å². The summed E-state index contributed by atoms with van der Waals surface area (Å²) in [6, 6.07) is 0. The molecule has 3 N–H and O–H groups in total. The van der Waals surface area contributed by atoms with E-state index in [9.17, 15) is 35.4 Å². The molecule has 48 heavy (non-hydrogen) atoms. The minimum atomic E-state index is -1.41. The Morgan fingerprint density at radius 2 is 1.75 bits per heavy atom. The van der Waals surface area contributed by atoms with E-state index in [0.29, 0.717) is 12.8 Å². The summed E-state index contributed by atoms with van der Waals surface area (Å²) in [6.45, 7) is 9.27. The Balaban J connectivity index is 1.46. The molecule has 5 aliphatic rings. The monoisotopic (exact) mass is 724 g/mol. The van der Waals surface area contributed by atoms with Crippen LogP contribution in [0.1, 0.15) is 72.1 Å². The van der Waals surface area contributed by atoms with Crippen molar-refractivity contribution in [3.63, 3.8) is 0 Å². The molecule has 0 amide bonds. The molecule has 4 saturated carbocycles. The molecule has 2 bridgehead atoms. The van der Waals surface area contributed by atoms with Crippen LogP contribution < -0.4 is 10.5 Å². The van der Waals surface area contributed by atoms with Gasteiger partial charge in [0, 0.05) is 11.8 Å². The molecule has 0 aromatic carbocycles. The Bertz CT molecular complexity index is 1150. The molecule has 1 heterocycles. The van der Waals surface area contributed by atoms with Crippen molar-refractivity contribution in [2.45, 2.75) is 115 Å². The summed E-state index contributed by atoms with van der Waals surface area (Å²) in [5.74, 6) is -2.34. The summed E-state index contributed by atoms with van der Waals surface area (Å²) in [6.07, 6.45) is -3.64. The van der Waals surface area contributed by atoms with Gasteiger partial charge in [0.2, 0.25) is 0 Å². The number of aliphatic hydroxyl groups is 2. The smallest absolute Gasteiger partial charge is 0.306 e. The average Bonchev–Trinajstić information content (AvgIpc) is 3.21. The van der Waals surface area contributed by atoms with Gasteiger partial charge < -0.3 is 40.0 Å². The summed E-state index contributed by atoms with van der Waals surface area (Å²) >= 11 is 0.195. The number of esters is 1. The van der Waals surface area contributed by atoms with Gasteiger partial charge in [-0.3, -0.25) is 28.0 Å². The summed E-state index contributed by atoms with van der Waals surface area (Å²) in [4.78, 5) is 25.8. The number of ether oxygens (including phenoxy) is 3. The largest absolute Gasteiger partial charge is 0.691 e. The van der Waals surface area contributed by atoms with Crippen molar-refractivity contribution in [2.24, 2.45) is 40.4 Å². The Kier molecular flexibility index (Phi) is 12.8. The third-order valence-corrected chi connectivity index (χ3v) is 12.3. The highest BCUT2D eigenvalue weighted by molar-refractivity contribution is 7.90. The van der Waals surface area contributed by atoms with Crippen LogP contribution in [0.15, 0.2) is 12.2 Å². The predicted octanol–water partition coefficient (Wildman–Crippen LogP) is 1.63. The number of hydrogen-bond donors (Lipinski definition) is 3. The van der Waals surface area contributed by atoms with Gasteiger partial charge in [0.25, 0.3) is 0 Å². The number of hydrogen-bond acceptors (Lipinski definition) is 17. The third kappa shape index (κ3) is 7.43. The summed E-state index contributed by atoms with van der Waals surface area (Å²) in [7, 11) is 0. The maximum absolute atomic E-state index is 13.0. The highest BCUT2D eigenvalue weighted by atomic mass is 32.2. The lowest BCUT2D eigenvalue weighted by atomic mass is 9.43. The quantitative estimate of drug-likeness (QED) is 0.0415. The fourth-order valence-corrected chi connectivity index (χ4v) is 10.4. The number of carboxylic acid groups (broad SMARTS) is 1. The lowest BCUT2D eigenvalue weighted by molar-refractivity contribution is -0.778. The van der Waals surface area contributed by atoms with E-state index < -0.39 is 72.8 Å². The lowest BCUT2D eigenvalue weighted by Crippen LogP contribution is -2.63. The van der Waals surface area contributed by atoms with Crippen molar-refractivity contribution >= 4 is 36.6 Å². The van der Waals surface area contributed by atoms with Gasteiger partial charge in [-0.2, -0.15) is 0 Å². The van der Waals surface area contributed by atoms with Crippen LogP contribution in [-0.4, -0.2) is 76.8 Å². The minimum Gasteiger partial charge on any atom is -0.691 e. The summed E-state index contributed by atoms with van der Waals surface area (Å²) < 4.78 is 38.0. The first-order valence-corrected chi connectivity index (χ1v) is 17.5. The van der Waals surface area contributed by atoms with Crippen molar-refractivity contribution in [2.75, 3.05) is 6.61 Å². The van der Waals surface area contributed by atoms with E-state index in [-0.39, 0.29) is 66.6 Å². The van der Waals surface area contributed by atoms with Crippen LogP contribution in [0.2, 0.25) is 0 Å². The van der Waals surface area contributed by atoms with Gasteiger partial charge in [0.15, 0.2) is 37.0 Å². The molecule has 4 aliphatic carbocycles. The molecule has 1 spiro atoms. The van der Waals surface area contributed by atoms with E-state index in [1.54, 1.807) is 0 Å². The van der Waals surface area contributed by atoms with E-state index in [0.717, 1.165) is 31.3 Å². The highest BCUT2D eigenvalue weighted by Crippen LogP contribution is 2.70. The zero-order valence-electron chi connectivity index (χ0n) is 27.0. The number of rotatable bonds is 15. The number of aliphatic hydroxyl groups excluding tert-OH is 2. The van der Waals surface area contributed by atoms with Crippen molar-refractivity contribution in [1.82, 2.24) is 0 Å². The van der Waals surface area contributed by atoms with E-state index in [1.165, 1.54) is 0 Å². The molecule has 0 radical (unpaired) electrons. The normalized spacial score (nSPS) is 42.3. The maximum atomic E-state index is 13.0. The molecule has 274 valence electrons. The summed E-state index contributed by atoms with van der Waals surface area (Å²) in [5, 5.41) is 59.9. The van der Waals surface area contributed by atoms with Crippen molar-refractivity contribution in [3.8, 4) is 0 Å². The zero-order valence-corrected chi connectivity index (χ0v) is 28.6. The van der Waals surface area contributed by atoms with Gasteiger partial charge in [0.1, 0.15) is 18.3 Å². The number of carbonyl (C=O) groups is 2. The Morgan fingerprint density at radius 1 is 1.06 bits per heavy atom. The second-order valence-electron chi connectivity index (χ2n) is 14.3. The molecule has 1 aliphatic heterocycles. The molecule has 0 aromatic rings. The van der Waals surface area contributed by atoms with Crippen molar-refractivity contribution in [3.05, 3.63) is 12.2 Å². The number of fused-ring (bicyclic) bond motifs is 3. The number of aliphatic carboxylic acids is 1. The van der Waals surface area contributed by atoms with Crippen LogP contribution in [0, 0.1) is 40.4 Å². The van der Waals surface area contributed by atoms with Crippen LogP contribution in [-0.2, 0) is 50.9 Å². The van der Waals surface area contributed by atoms with Gasteiger partial charge in [-0.15, -0.1) is 8.67 Å². The van der Waals surface area contributed by atoms with Crippen LogP contribution in [0.4, 0.5) is 0 Å². The van der Waals surface area contributed by atoms with Crippen LogP contribution >= 0.6 is 24.6 Å². The first-order valence-electron chi connectivity index (χ1n) is 16.2. The van der Waals surface area contributed by atoms with Crippen LogP contribution in [0.5, 0.6) is 0 Å². The Labute approximate surface area is 287 Å². The Morgan fingerprint density at radius 3 is 2.38 bits per heavy atom. The predicted molar refractivity (Wildman–Crippen MR) is 159 cm³/mol. The van der Waals surface area contributed by atoms with Gasteiger partial charge in [0.05, 0.1) is 24.7 Å². The third-order valence-electron chi connectivity index (χ3n) is 11.4. The maximum Gasteiger partial charge on any atom is 0.306 e. The Hall–Kier alpha value is -1.10. The van der Waals surface area contributed by atoms with E-state index >= 15 is 0 Å². The van der Waals surface area contributed by atoms with E-state index in [4.69, 9.17) is 22.6 Å². The fraction of sp³-hybridized carbons (Fsp3) is 0.867. The molecular weight excluding hydrogens is 680 g/mol. The molecule has 16 nitrogen and oxygen atoms in total. The molecule has 0 aromatic heterocycles. The number of carboxylic acids is 1. The van der Waals surface area contributed by atoms with Crippen molar-refractivity contribution in [1.29, 1.82) is 0 Å². The number of carbonyl (C=O) groups excluding carboxylic acids is 1. The second kappa shape index (κ2) is 16.1. The molecule has 18 heteroatoms. The SMILES string of the molecule is C=C1C2CCC3C4(C)CC(OC5O[C@@H](CO)[C@@H](OSOO[O-])C(OSOO[O-])C5OC(=O)CC(C)C)CC(C(=O)O)C4CCC3(C2)[C@H]1O. The standard InChI is InChI=1S/C30H46O16S2/c1-14(2)9-22(32)40-25-24(42-48-46-44-37)23(41-47-45-43-36)20(13-31)39-28(25)38-17-10-18(27(34)35)19-7-8-30-11-16(15(3)26(30)33)5-6-21(30)29(19,4)12-17/h14,16-21,23-26,28,31,33,36-37H,3,5-13H2,1-2,4H3,(H,34,35)/p-2/t16?,17?,18?,19?,20-,21?,23+,24?,25?,26-,28?,29?,30?/m0/s1. The van der Waals surface area contributed by atoms with E-state index in [2.05, 4.69) is 32.2 Å². The topological polar surface area (TPSA) is 224 Å². The first-order chi connectivity index (χ1) is 22.9. The van der Waals surface area contributed by atoms with Crippen LogP contribution in [0.25, 0.3) is 0 Å². The van der Waals surface area contributed by atoms with Gasteiger partial charge >= 0.3 is 11.9 Å². The minimum absolute atomic E-state index is 0.00271. The van der Waals surface area contributed by atoms with Gasteiger partial charge in [-0.25, -0.2) is 0 Å². The van der Waals surface area contributed by atoms with E-state index in [1.807, 2.05) is 13.8 Å². The van der Waals surface area contributed by atoms with Gasteiger partial charge in [-0.1, -0.05) is 27.4 Å². The molecule has 10 unspecified atom stereocenters. The molecule has 1 saturated heterocycles. The molecule has 5 fully saturated rings. The second-order valence-corrected chi connectivity index (χ2v) is 15.3. The van der Waals surface area contributed by atoms with Crippen molar-refractivity contribution < 1.29 is 76.7 Å². The molecule has 5 rings (SSSR count). The van der Waals surface area contributed by atoms with Crippen LogP contribution in [0.3, 0.4) is 0 Å². The molecule has 13 atom stereocenters. The summed E-state index contributed by atoms with van der Waals surface area (Å²) in [5.41, 5.74) is -0.0441. The lowest BCUT2D eigenvalue weighted by Gasteiger charge is -2.62. The highest BCUT2D eigenvalue weighted by Gasteiger charge is 2.67. The molecular formula is C30H44O16S2-2. The zero-order chi connectivity index (χ0) is 34.8.